The van der Waals surface area contributed by atoms with Crippen LogP contribution in [0.4, 0.5) is 0 Å². The van der Waals surface area contributed by atoms with Crippen molar-refractivity contribution in [3.8, 4) is 0 Å². The smallest absolute Gasteiger partial charge is 0.152 e. The summed E-state index contributed by atoms with van der Waals surface area (Å²) >= 11 is 5.87. The third-order valence-corrected chi connectivity index (χ3v) is 2.75. The Hall–Kier alpha value is -0.710. The van der Waals surface area contributed by atoms with E-state index in [0.29, 0.717) is 17.5 Å². The SMILES string of the molecule is Clc1nccnc1CO[C@H]1CCCNC1. The quantitative estimate of drug-likeness (QED) is 0.848. The highest BCUT2D eigenvalue weighted by atomic mass is 35.5. The zero-order chi connectivity index (χ0) is 10.5. The minimum absolute atomic E-state index is 0.275. The molecule has 5 heteroatoms. The number of nitrogens with zero attached hydrogens (tertiary/aromatic N) is 2. The van der Waals surface area contributed by atoms with Crippen molar-refractivity contribution in [2.75, 3.05) is 13.1 Å². The molecule has 1 fully saturated rings. The van der Waals surface area contributed by atoms with Crippen molar-refractivity contribution < 1.29 is 4.74 Å². The van der Waals surface area contributed by atoms with E-state index >= 15 is 0 Å². The monoisotopic (exact) mass is 227 g/mol. The molecule has 0 aromatic carbocycles. The lowest BCUT2D eigenvalue weighted by molar-refractivity contribution is 0.0235. The first-order valence-corrected chi connectivity index (χ1v) is 5.52. The van der Waals surface area contributed by atoms with E-state index in [1.807, 2.05) is 0 Å². The highest BCUT2D eigenvalue weighted by molar-refractivity contribution is 6.29. The Labute approximate surface area is 94.0 Å². The second-order valence-corrected chi connectivity index (χ2v) is 3.93. The van der Waals surface area contributed by atoms with E-state index in [1.165, 1.54) is 6.42 Å². The first-order valence-electron chi connectivity index (χ1n) is 5.14. The second kappa shape index (κ2) is 5.39. The molecule has 0 aliphatic carbocycles. The largest absolute Gasteiger partial charge is 0.370 e. The molecule has 15 heavy (non-hydrogen) atoms. The molecule has 0 unspecified atom stereocenters. The Morgan fingerprint density at radius 3 is 3.07 bits per heavy atom. The van der Waals surface area contributed by atoms with Gasteiger partial charge in [-0.15, -0.1) is 0 Å². The number of halogens is 1. The first-order chi connectivity index (χ1) is 7.36. The van der Waals surface area contributed by atoms with Gasteiger partial charge in [-0.05, 0) is 19.4 Å². The maximum absolute atomic E-state index is 5.87. The van der Waals surface area contributed by atoms with Gasteiger partial charge in [0.25, 0.3) is 0 Å². The Morgan fingerprint density at radius 2 is 2.33 bits per heavy atom. The molecule has 1 aliphatic rings. The van der Waals surface area contributed by atoms with E-state index in [-0.39, 0.29) is 6.10 Å². The molecular weight excluding hydrogens is 214 g/mol. The van der Waals surface area contributed by atoms with E-state index < -0.39 is 0 Å². The lowest BCUT2D eigenvalue weighted by Crippen LogP contribution is -2.35. The van der Waals surface area contributed by atoms with Gasteiger partial charge in [-0.3, -0.25) is 4.98 Å². The Bertz CT molecular complexity index is 315. The predicted molar refractivity (Wildman–Crippen MR) is 57.7 cm³/mol. The number of hydrogen-bond acceptors (Lipinski definition) is 4. The Morgan fingerprint density at radius 1 is 1.47 bits per heavy atom. The fourth-order valence-corrected chi connectivity index (χ4v) is 1.77. The van der Waals surface area contributed by atoms with Crippen LogP contribution in [0.25, 0.3) is 0 Å². The van der Waals surface area contributed by atoms with Crippen LogP contribution < -0.4 is 5.32 Å². The molecule has 1 N–H and O–H groups in total. The maximum atomic E-state index is 5.87. The van der Waals surface area contributed by atoms with Crippen LogP contribution in [0, 0.1) is 0 Å². The fraction of sp³-hybridized carbons (Fsp3) is 0.600. The lowest BCUT2D eigenvalue weighted by atomic mass is 10.1. The second-order valence-electron chi connectivity index (χ2n) is 3.57. The highest BCUT2D eigenvalue weighted by Crippen LogP contribution is 2.13. The van der Waals surface area contributed by atoms with Gasteiger partial charge in [-0.25, -0.2) is 4.98 Å². The molecular formula is C10H14ClN3O. The summed E-state index contributed by atoms with van der Waals surface area (Å²) < 4.78 is 5.70. The zero-order valence-corrected chi connectivity index (χ0v) is 9.20. The molecule has 0 bridgehead atoms. The average molecular weight is 228 g/mol. The molecule has 0 amide bonds. The van der Waals surface area contributed by atoms with Gasteiger partial charge < -0.3 is 10.1 Å². The average Bonchev–Trinajstić information content (AvgIpc) is 2.29. The van der Waals surface area contributed by atoms with Crippen LogP contribution >= 0.6 is 11.6 Å². The number of aromatic nitrogens is 2. The van der Waals surface area contributed by atoms with Crippen molar-refractivity contribution in [1.29, 1.82) is 0 Å². The van der Waals surface area contributed by atoms with Gasteiger partial charge >= 0.3 is 0 Å². The highest BCUT2D eigenvalue weighted by Gasteiger charge is 2.14. The minimum atomic E-state index is 0.275. The molecule has 2 heterocycles. The maximum Gasteiger partial charge on any atom is 0.152 e. The van der Waals surface area contributed by atoms with Gasteiger partial charge in [0.15, 0.2) is 5.15 Å². The van der Waals surface area contributed by atoms with Crippen molar-refractivity contribution in [2.45, 2.75) is 25.6 Å². The van der Waals surface area contributed by atoms with E-state index in [9.17, 15) is 0 Å². The molecule has 1 aromatic rings. The van der Waals surface area contributed by atoms with Gasteiger partial charge in [-0.1, -0.05) is 11.6 Å². The summed E-state index contributed by atoms with van der Waals surface area (Å²) in [6.45, 7) is 2.45. The van der Waals surface area contributed by atoms with E-state index in [1.54, 1.807) is 12.4 Å². The van der Waals surface area contributed by atoms with Crippen molar-refractivity contribution in [3.63, 3.8) is 0 Å². The van der Waals surface area contributed by atoms with Crippen LogP contribution in [0.3, 0.4) is 0 Å². The van der Waals surface area contributed by atoms with Crippen LogP contribution in [0.15, 0.2) is 12.4 Å². The topological polar surface area (TPSA) is 47.0 Å². The summed E-state index contributed by atoms with van der Waals surface area (Å²) in [5.41, 5.74) is 0.713. The third-order valence-electron chi connectivity index (χ3n) is 2.43. The van der Waals surface area contributed by atoms with Gasteiger partial charge in [0.1, 0.15) is 5.69 Å². The molecule has 2 rings (SSSR count). The molecule has 1 aliphatic heterocycles. The molecule has 4 nitrogen and oxygen atoms in total. The Kier molecular flexibility index (Phi) is 3.88. The van der Waals surface area contributed by atoms with Crippen LogP contribution in [-0.4, -0.2) is 29.2 Å². The molecule has 1 saturated heterocycles. The number of nitrogens with one attached hydrogen (secondary N) is 1. The number of rotatable bonds is 3. The van der Waals surface area contributed by atoms with E-state index in [4.69, 9.17) is 16.3 Å². The van der Waals surface area contributed by atoms with Crippen molar-refractivity contribution >= 4 is 11.6 Å². The summed E-state index contributed by atoms with van der Waals surface area (Å²) in [5.74, 6) is 0. The van der Waals surface area contributed by atoms with Gasteiger partial charge in [0.05, 0.1) is 12.7 Å². The fourth-order valence-electron chi connectivity index (χ4n) is 1.61. The van der Waals surface area contributed by atoms with E-state index in [0.717, 1.165) is 19.5 Å². The molecule has 0 saturated carbocycles. The zero-order valence-electron chi connectivity index (χ0n) is 8.45. The minimum Gasteiger partial charge on any atom is -0.370 e. The van der Waals surface area contributed by atoms with Crippen LogP contribution in [0.1, 0.15) is 18.5 Å². The van der Waals surface area contributed by atoms with Crippen LogP contribution in [0.2, 0.25) is 5.15 Å². The summed E-state index contributed by atoms with van der Waals surface area (Å²) in [5, 5.41) is 3.72. The summed E-state index contributed by atoms with van der Waals surface area (Å²) in [7, 11) is 0. The summed E-state index contributed by atoms with van der Waals surface area (Å²) in [4.78, 5) is 8.07. The standard InChI is InChI=1S/C10H14ClN3O/c11-10-9(13-4-5-14-10)7-15-8-2-1-3-12-6-8/h4-5,8,12H,1-3,6-7H2/t8-/m0/s1. The lowest BCUT2D eigenvalue weighted by Gasteiger charge is -2.22. The normalized spacial score (nSPS) is 21.5. The number of hydrogen-bond donors (Lipinski definition) is 1. The first kappa shape index (κ1) is 10.8. The Balaban J connectivity index is 1.84. The summed E-state index contributed by atoms with van der Waals surface area (Å²) in [6.07, 6.45) is 5.75. The molecule has 82 valence electrons. The molecule has 0 spiro atoms. The number of ether oxygens (including phenoxy) is 1. The predicted octanol–water partition coefficient (Wildman–Crippen LogP) is 1.40. The van der Waals surface area contributed by atoms with Crippen molar-refractivity contribution in [3.05, 3.63) is 23.2 Å². The van der Waals surface area contributed by atoms with Crippen molar-refractivity contribution in [2.24, 2.45) is 0 Å². The molecule has 1 aromatic heterocycles. The summed E-state index contributed by atoms with van der Waals surface area (Å²) in [6, 6.07) is 0. The molecule has 1 atom stereocenters. The van der Waals surface area contributed by atoms with Gasteiger partial charge in [-0.2, -0.15) is 0 Å². The van der Waals surface area contributed by atoms with Gasteiger partial charge in [0, 0.05) is 18.9 Å². The molecule has 0 radical (unpaired) electrons. The number of piperidine rings is 1. The van der Waals surface area contributed by atoms with Gasteiger partial charge in [0.2, 0.25) is 0 Å². The third kappa shape index (κ3) is 3.12. The van der Waals surface area contributed by atoms with Crippen molar-refractivity contribution in [1.82, 2.24) is 15.3 Å². The van der Waals surface area contributed by atoms with E-state index in [2.05, 4.69) is 15.3 Å². The van der Waals surface area contributed by atoms with Crippen LogP contribution in [0.5, 0.6) is 0 Å². The van der Waals surface area contributed by atoms with Crippen LogP contribution in [-0.2, 0) is 11.3 Å².